The van der Waals surface area contributed by atoms with E-state index in [4.69, 9.17) is 10.5 Å². The molecular weight excluding hydrogens is 262 g/mol. The number of methoxy groups -OCH3 is 1. The van der Waals surface area contributed by atoms with Crippen molar-refractivity contribution in [3.63, 3.8) is 0 Å². The smallest absolute Gasteiger partial charge is 0.125 e. The van der Waals surface area contributed by atoms with Gasteiger partial charge in [0.15, 0.2) is 0 Å². The number of hydrogen-bond donors (Lipinski definition) is 1. The fraction of sp³-hybridized carbons (Fsp3) is 0.647. The second kappa shape index (κ2) is 5.85. The van der Waals surface area contributed by atoms with Gasteiger partial charge >= 0.3 is 0 Å². The summed E-state index contributed by atoms with van der Waals surface area (Å²) in [5.74, 6) is 0.908. The van der Waals surface area contributed by atoms with Crippen LogP contribution >= 0.6 is 0 Å². The largest absolute Gasteiger partial charge is 0.496 e. The van der Waals surface area contributed by atoms with Gasteiger partial charge in [0.25, 0.3) is 0 Å². The molecule has 1 aromatic carbocycles. The molecule has 2 aliphatic heterocycles. The standard InChI is InChI=1S/C17H27N3O/c1-12(18)17-15(5-4-6-16(17)21-3)20-10-9-13-7-8-14(11-20)19(13)2/h4-6,12-14H,7-11,18H2,1-3H3/t12-,13?,14?/m1/s1. The van der Waals surface area contributed by atoms with Gasteiger partial charge in [-0.2, -0.15) is 0 Å². The van der Waals surface area contributed by atoms with E-state index in [1.807, 2.05) is 13.0 Å². The number of fused-ring (bicyclic) bond motifs is 2. The van der Waals surface area contributed by atoms with Crippen LogP contribution in [0.15, 0.2) is 18.2 Å². The molecule has 3 rings (SSSR count). The quantitative estimate of drug-likeness (QED) is 0.928. The van der Waals surface area contributed by atoms with Gasteiger partial charge in [0.2, 0.25) is 0 Å². The molecule has 2 heterocycles. The Bertz CT molecular complexity index is 503. The van der Waals surface area contributed by atoms with Gasteiger partial charge in [-0.25, -0.2) is 0 Å². The Morgan fingerprint density at radius 1 is 1.24 bits per heavy atom. The molecule has 0 amide bonds. The van der Waals surface area contributed by atoms with E-state index in [9.17, 15) is 0 Å². The van der Waals surface area contributed by atoms with Crippen LogP contribution in [0.1, 0.15) is 37.8 Å². The topological polar surface area (TPSA) is 41.7 Å². The fourth-order valence-corrected chi connectivity index (χ4v) is 3.97. The Hall–Kier alpha value is -1.26. The molecule has 2 fully saturated rings. The second-order valence-electron chi connectivity index (χ2n) is 6.47. The molecule has 3 atom stereocenters. The van der Waals surface area contributed by atoms with Gasteiger partial charge in [-0.15, -0.1) is 0 Å². The molecule has 2 aliphatic rings. The molecular formula is C17H27N3O. The van der Waals surface area contributed by atoms with Crippen molar-refractivity contribution in [2.75, 3.05) is 32.1 Å². The third-order valence-corrected chi connectivity index (χ3v) is 5.21. The zero-order valence-corrected chi connectivity index (χ0v) is 13.4. The first-order valence-corrected chi connectivity index (χ1v) is 8.01. The first-order valence-electron chi connectivity index (χ1n) is 8.01. The van der Waals surface area contributed by atoms with E-state index in [2.05, 4.69) is 29.0 Å². The number of anilines is 1. The SMILES string of the molecule is COc1cccc(N2CCC3CCC(C2)N3C)c1[C@@H](C)N. The maximum absolute atomic E-state index is 6.22. The van der Waals surface area contributed by atoms with Gasteiger partial charge in [-0.05, 0) is 45.4 Å². The lowest BCUT2D eigenvalue weighted by atomic mass is 10.0. The van der Waals surface area contributed by atoms with E-state index in [-0.39, 0.29) is 6.04 Å². The molecule has 1 aromatic rings. The van der Waals surface area contributed by atoms with Gasteiger partial charge in [0.05, 0.1) is 7.11 Å². The van der Waals surface area contributed by atoms with E-state index in [0.29, 0.717) is 6.04 Å². The predicted molar refractivity (Wildman–Crippen MR) is 87.0 cm³/mol. The first-order chi connectivity index (χ1) is 10.1. The number of ether oxygens (including phenoxy) is 1. The molecule has 0 spiro atoms. The van der Waals surface area contributed by atoms with E-state index >= 15 is 0 Å². The minimum Gasteiger partial charge on any atom is -0.496 e. The van der Waals surface area contributed by atoms with E-state index < -0.39 is 0 Å². The summed E-state index contributed by atoms with van der Waals surface area (Å²) in [6, 6.07) is 7.69. The van der Waals surface area contributed by atoms with Crippen LogP contribution in [0, 0.1) is 0 Å². The number of benzene rings is 1. The normalized spacial score (nSPS) is 27.5. The Labute approximate surface area is 127 Å². The average Bonchev–Trinajstić information content (AvgIpc) is 2.71. The molecule has 2 saturated heterocycles. The van der Waals surface area contributed by atoms with Crippen LogP contribution in [-0.4, -0.2) is 44.2 Å². The average molecular weight is 289 g/mol. The van der Waals surface area contributed by atoms with Gasteiger partial charge < -0.3 is 15.4 Å². The third kappa shape index (κ3) is 2.62. The molecule has 0 radical (unpaired) electrons. The molecule has 0 aromatic heterocycles. The van der Waals surface area contributed by atoms with Gasteiger partial charge in [-0.3, -0.25) is 4.90 Å². The van der Waals surface area contributed by atoms with Crippen LogP contribution in [0.25, 0.3) is 0 Å². The minimum absolute atomic E-state index is 0.0191. The number of nitrogens with zero attached hydrogens (tertiary/aromatic N) is 2. The predicted octanol–water partition coefficient (Wildman–Crippen LogP) is 2.39. The fourth-order valence-electron chi connectivity index (χ4n) is 3.97. The van der Waals surface area contributed by atoms with Crippen LogP contribution in [0.4, 0.5) is 5.69 Å². The van der Waals surface area contributed by atoms with Crippen LogP contribution in [-0.2, 0) is 0 Å². The second-order valence-corrected chi connectivity index (χ2v) is 6.47. The minimum atomic E-state index is -0.0191. The molecule has 2 bridgehead atoms. The lowest BCUT2D eigenvalue weighted by Gasteiger charge is -2.31. The van der Waals surface area contributed by atoms with Crippen LogP contribution in [0.2, 0.25) is 0 Å². The summed E-state index contributed by atoms with van der Waals surface area (Å²) in [5.41, 5.74) is 8.62. The number of rotatable bonds is 3. The lowest BCUT2D eigenvalue weighted by molar-refractivity contribution is 0.254. The van der Waals surface area contributed by atoms with E-state index in [0.717, 1.165) is 30.4 Å². The number of hydrogen-bond acceptors (Lipinski definition) is 4. The molecule has 4 heteroatoms. The Morgan fingerprint density at radius 3 is 2.71 bits per heavy atom. The summed E-state index contributed by atoms with van der Waals surface area (Å²) < 4.78 is 5.54. The summed E-state index contributed by atoms with van der Waals surface area (Å²) in [6.45, 7) is 4.25. The van der Waals surface area contributed by atoms with Crippen molar-refractivity contribution < 1.29 is 4.74 Å². The van der Waals surface area contributed by atoms with Crippen molar-refractivity contribution >= 4 is 5.69 Å². The van der Waals surface area contributed by atoms with Crippen LogP contribution in [0.5, 0.6) is 5.75 Å². The molecule has 4 nitrogen and oxygen atoms in total. The zero-order chi connectivity index (χ0) is 15.0. The molecule has 2 unspecified atom stereocenters. The summed E-state index contributed by atoms with van der Waals surface area (Å²) in [5, 5.41) is 0. The van der Waals surface area contributed by atoms with Crippen molar-refractivity contribution in [2.45, 2.75) is 44.3 Å². The highest BCUT2D eigenvalue weighted by molar-refractivity contribution is 5.61. The molecule has 2 N–H and O–H groups in total. The van der Waals surface area contributed by atoms with E-state index in [1.165, 1.54) is 24.9 Å². The highest BCUT2D eigenvalue weighted by atomic mass is 16.5. The Morgan fingerprint density at radius 2 is 2.00 bits per heavy atom. The summed E-state index contributed by atoms with van der Waals surface area (Å²) in [7, 11) is 4.01. The first kappa shape index (κ1) is 14.7. The monoisotopic (exact) mass is 289 g/mol. The Balaban J connectivity index is 1.93. The van der Waals surface area contributed by atoms with Crippen LogP contribution in [0.3, 0.4) is 0 Å². The highest BCUT2D eigenvalue weighted by Gasteiger charge is 2.35. The summed E-state index contributed by atoms with van der Waals surface area (Å²) in [6.07, 6.45) is 3.91. The van der Waals surface area contributed by atoms with Gasteiger partial charge in [-0.1, -0.05) is 6.07 Å². The Kier molecular flexibility index (Phi) is 4.09. The van der Waals surface area contributed by atoms with Crippen molar-refractivity contribution in [3.8, 4) is 5.75 Å². The highest BCUT2D eigenvalue weighted by Crippen LogP contribution is 2.37. The molecule has 116 valence electrons. The van der Waals surface area contributed by atoms with Crippen molar-refractivity contribution in [1.29, 1.82) is 0 Å². The van der Waals surface area contributed by atoms with Gasteiger partial charge in [0.1, 0.15) is 5.75 Å². The molecule has 0 saturated carbocycles. The zero-order valence-electron chi connectivity index (χ0n) is 13.4. The van der Waals surface area contributed by atoms with Gasteiger partial charge in [0, 0.05) is 42.5 Å². The van der Waals surface area contributed by atoms with Crippen molar-refractivity contribution in [1.82, 2.24) is 4.90 Å². The summed E-state index contributed by atoms with van der Waals surface area (Å²) >= 11 is 0. The lowest BCUT2D eigenvalue weighted by Crippen LogP contribution is -2.37. The van der Waals surface area contributed by atoms with Crippen LogP contribution < -0.4 is 15.4 Å². The number of nitrogens with two attached hydrogens (primary N) is 1. The van der Waals surface area contributed by atoms with Crippen molar-refractivity contribution in [2.24, 2.45) is 5.73 Å². The summed E-state index contributed by atoms with van der Waals surface area (Å²) in [4.78, 5) is 5.09. The van der Waals surface area contributed by atoms with E-state index in [1.54, 1.807) is 7.11 Å². The maximum Gasteiger partial charge on any atom is 0.125 e. The third-order valence-electron chi connectivity index (χ3n) is 5.21. The molecule has 21 heavy (non-hydrogen) atoms. The number of likely N-dealkylation sites (N-methyl/N-ethyl adjacent to an activating group) is 1. The van der Waals surface area contributed by atoms with Crippen molar-refractivity contribution in [3.05, 3.63) is 23.8 Å². The maximum atomic E-state index is 6.22. The molecule has 0 aliphatic carbocycles.